The van der Waals surface area contributed by atoms with Crippen LogP contribution in [0, 0.1) is 13.8 Å². The number of benzene rings is 1. The lowest BCUT2D eigenvalue weighted by Crippen LogP contribution is -2.38. The van der Waals surface area contributed by atoms with Crippen LogP contribution in [0.1, 0.15) is 37.3 Å². The third kappa shape index (κ3) is 3.01. The molecule has 2 nitrogen and oxygen atoms in total. The zero-order valence-electron chi connectivity index (χ0n) is 11.1. The lowest BCUT2D eigenvalue weighted by Gasteiger charge is -2.23. The molecule has 0 aromatic heterocycles. The van der Waals surface area contributed by atoms with Gasteiger partial charge in [-0.25, -0.2) is 0 Å². The van der Waals surface area contributed by atoms with Crippen LogP contribution in [0.15, 0.2) is 18.2 Å². The Morgan fingerprint density at radius 1 is 1.29 bits per heavy atom. The van der Waals surface area contributed by atoms with Gasteiger partial charge in [-0.2, -0.15) is 0 Å². The summed E-state index contributed by atoms with van der Waals surface area (Å²) < 4.78 is 6.19. The second-order valence-electron chi connectivity index (χ2n) is 5.02. The molecule has 1 N–H and O–H groups in total. The normalized spacial score (nSPS) is 23.9. The van der Waals surface area contributed by atoms with Crippen LogP contribution in [0.3, 0.4) is 0 Å². The van der Waals surface area contributed by atoms with Gasteiger partial charge in [-0.05, 0) is 56.8 Å². The number of aryl methyl sites for hydroxylation is 2. The summed E-state index contributed by atoms with van der Waals surface area (Å²) in [7, 11) is 0. The molecule has 2 unspecified atom stereocenters. The first-order valence-corrected chi connectivity index (χ1v) is 6.68. The molecule has 2 heteroatoms. The lowest BCUT2D eigenvalue weighted by atomic mass is 10.1. The van der Waals surface area contributed by atoms with Crippen molar-refractivity contribution in [1.29, 1.82) is 0 Å². The average Bonchev–Trinajstić information content (AvgIpc) is 2.72. The van der Waals surface area contributed by atoms with Gasteiger partial charge in [0.15, 0.2) is 0 Å². The zero-order chi connectivity index (χ0) is 12.3. The van der Waals surface area contributed by atoms with Crippen molar-refractivity contribution in [2.75, 3.05) is 6.54 Å². The third-order valence-corrected chi connectivity index (χ3v) is 3.54. The van der Waals surface area contributed by atoms with Gasteiger partial charge in [-0.15, -0.1) is 0 Å². The number of nitrogens with one attached hydrogen (secondary N) is 1. The fourth-order valence-corrected chi connectivity index (χ4v) is 2.56. The standard InChI is InChI=1S/C15H23NO/c1-4-16-13-6-5-7-14(13)17-15-10-11(2)8-9-12(15)3/h8-10,13-14,16H,4-7H2,1-3H3. The van der Waals surface area contributed by atoms with E-state index < -0.39 is 0 Å². The van der Waals surface area contributed by atoms with E-state index in [1.165, 1.54) is 30.4 Å². The van der Waals surface area contributed by atoms with Crippen molar-refractivity contribution in [3.8, 4) is 5.75 Å². The fourth-order valence-electron chi connectivity index (χ4n) is 2.56. The summed E-state index contributed by atoms with van der Waals surface area (Å²) in [6.07, 6.45) is 4.03. The number of hydrogen-bond donors (Lipinski definition) is 1. The van der Waals surface area contributed by atoms with Gasteiger partial charge in [0.2, 0.25) is 0 Å². The van der Waals surface area contributed by atoms with Crippen molar-refractivity contribution in [2.24, 2.45) is 0 Å². The van der Waals surface area contributed by atoms with Crippen molar-refractivity contribution in [1.82, 2.24) is 5.32 Å². The van der Waals surface area contributed by atoms with E-state index in [2.05, 4.69) is 44.3 Å². The molecule has 1 aromatic rings. The van der Waals surface area contributed by atoms with Crippen LogP contribution < -0.4 is 10.1 Å². The molecule has 0 spiro atoms. The number of rotatable bonds is 4. The maximum Gasteiger partial charge on any atom is 0.122 e. The molecule has 0 amide bonds. The summed E-state index contributed by atoms with van der Waals surface area (Å²) in [5.41, 5.74) is 2.50. The van der Waals surface area contributed by atoms with Crippen LogP contribution in [0.2, 0.25) is 0 Å². The molecule has 94 valence electrons. The molecule has 1 aliphatic rings. The first-order chi connectivity index (χ1) is 8.20. The Morgan fingerprint density at radius 2 is 2.12 bits per heavy atom. The first-order valence-electron chi connectivity index (χ1n) is 6.68. The zero-order valence-corrected chi connectivity index (χ0v) is 11.1. The van der Waals surface area contributed by atoms with E-state index in [1.807, 2.05) is 0 Å². The van der Waals surface area contributed by atoms with Crippen molar-refractivity contribution in [3.63, 3.8) is 0 Å². The molecule has 1 aliphatic carbocycles. The van der Waals surface area contributed by atoms with Crippen LogP contribution in [0.25, 0.3) is 0 Å². The minimum Gasteiger partial charge on any atom is -0.489 e. The van der Waals surface area contributed by atoms with Gasteiger partial charge >= 0.3 is 0 Å². The Balaban J connectivity index is 2.06. The van der Waals surface area contributed by atoms with Gasteiger partial charge in [-0.3, -0.25) is 0 Å². The van der Waals surface area contributed by atoms with E-state index in [1.54, 1.807) is 0 Å². The molecule has 0 heterocycles. The van der Waals surface area contributed by atoms with Gasteiger partial charge in [-0.1, -0.05) is 19.1 Å². The van der Waals surface area contributed by atoms with E-state index in [0.717, 1.165) is 12.3 Å². The van der Waals surface area contributed by atoms with E-state index >= 15 is 0 Å². The molecule has 0 radical (unpaired) electrons. The highest BCUT2D eigenvalue weighted by molar-refractivity contribution is 5.36. The third-order valence-electron chi connectivity index (χ3n) is 3.54. The van der Waals surface area contributed by atoms with Gasteiger partial charge in [0, 0.05) is 6.04 Å². The molecular weight excluding hydrogens is 210 g/mol. The Labute approximate surface area is 104 Å². The Bertz CT molecular complexity index is 375. The molecule has 2 atom stereocenters. The first kappa shape index (κ1) is 12.4. The van der Waals surface area contributed by atoms with Gasteiger partial charge in [0.1, 0.15) is 11.9 Å². The van der Waals surface area contributed by atoms with Crippen LogP contribution >= 0.6 is 0 Å². The summed E-state index contributed by atoms with van der Waals surface area (Å²) in [5.74, 6) is 1.06. The average molecular weight is 233 g/mol. The molecule has 0 aliphatic heterocycles. The highest BCUT2D eigenvalue weighted by atomic mass is 16.5. The number of ether oxygens (including phenoxy) is 1. The van der Waals surface area contributed by atoms with Crippen LogP contribution in [-0.2, 0) is 0 Å². The van der Waals surface area contributed by atoms with E-state index in [9.17, 15) is 0 Å². The predicted molar refractivity (Wildman–Crippen MR) is 71.6 cm³/mol. The summed E-state index contributed by atoms with van der Waals surface area (Å²) in [5, 5.41) is 3.52. The van der Waals surface area contributed by atoms with Crippen LogP contribution in [0.4, 0.5) is 0 Å². The topological polar surface area (TPSA) is 21.3 Å². The smallest absolute Gasteiger partial charge is 0.122 e. The van der Waals surface area contributed by atoms with E-state index in [-0.39, 0.29) is 0 Å². The SMILES string of the molecule is CCNC1CCCC1Oc1cc(C)ccc1C. The number of hydrogen-bond acceptors (Lipinski definition) is 2. The molecule has 1 fully saturated rings. The van der Waals surface area contributed by atoms with Crippen molar-refractivity contribution < 1.29 is 4.74 Å². The Morgan fingerprint density at radius 3 is 2.88 bits per heavy atom. The summed E-state index contributed by atoms with van der Waals surface area (Å²) in [6, 6.07) is 6.96. The summed E-state index contributed by atoms with van der Waals surface area (Å²) >= 11 is 0. The molecule has 2 rings (SSSR count). The van der Waals surface area contributed by atoms with Gasteiger partial charge in [0.05, 0.1) is 0 Å². The van der Waals surface area contributed by atoms with Crippen LogP contribution in [0.5, 0.6) is 5.75 Å². The molecular formula is C15H23NO. The van der Waals surface area contributed by atoms with Crippen molar-refractivity contribution in [2.45, 2.75) is 52.2 Å². The summed E-state index contributed by atoms with van der Waals surface area (Å²) in [6.45, 7) is 7.42. The Kier molecular flexibility index (Phi) is 4.06. The van der Waals surface area contributed by atoms with Crippen LogP contribution in [-0.4, -0.2) is 18.7 Å². The van der Waals surface area contributed by atoms with Gasteiger partial charge in [0.25, 0.3) is 0 Å². The maximum atomic E-state index is 6.19. The van der Waals surface area contributed by atoms with E-state index in [0.29, 0.717) is 12.1 Å². The summed E-state index contributed by atoms with van der Waals surface area (Å²) in [4.78, 5) is 0. The Hall–Kier alpha value is -1.02. The lowest BCUT2D eigenvalue weighted by molar-refractivity contribution is 0.174. The molecule has 0 bridgehead atoms. The minimum absolute atomic E-state index is 0.343. The van der Waals surface area contributed by atoms with Gasteiger partial charge < -0.3 is 10.1 Å². The maximum absolute atomic E-state index is 6.19. The highest BCUT2D eigenvalue weighted by Gasteiger charge is 2.28. The largest absolute Gasteiger partial charge is 0.489 e. The quantitative estimate of drug-likeness (QED) is 0.862. The number of likely N-dealkylation sites (N-methyl/N-ethyl adjacent to an activating group) is 1. The van der Waals surface area contributed by atoms with Crippen molar-refractivity contribution in [3.05, 3.63) is 29.3 Å². The second kappa shape index (κ2) is 5.54. The molecule has 1 saturated carbocycles. The second-order valence-corrected chi connectivity index (χ2v) is 5.02. The molecule has 17 heavy (non-hydrogen) atoms. The highest BCUT2D eigenvalue weighted by Crippen LogP contribution is 2.27. The fraction of sp³-hybridized carbons (Fsp3) is 0.600. The molecule has 1 aromatic carbocycles. The monoisotopic (exact) mass is 233 g/mol. The predicted octanol–water partition coefficient (Wildman–Crippen LogP) is 3.21. The molecule has 0 saturated heterocycles. The minimum atomic E-state index is 0.343. The van der Waals surface area contributed by atoms with Crippen molar-refractivity contribution >= 4 is 0 Å². The van der Waals surface area contributed by atoms with E-state index in [4.69, 9.17) is 4.74 Å².